The first-order chi connectivity index (χ1) is 10.1. The van der Waals surface area contributed by atoms with Gasteiger partial charge in [0.1, 0.15) is 0 Å². The van der Waals surface area contributed by atoms with Gasteiger partial charge in [-0.3, -0.25) is 19.3 Å². The third-order valence-electron chi connectivity index (χ3n) is 4.24. The molecule has 0 spiro atoms. The van der Waals surface area contributed by atoms with Crippen LogP contribution in [0.3, 0.4) is 0 Å². The van der Waals surface area contributed by atoms with Crippen molar-refractivity contribution in [3.63, 3.8) is 0 Å². The van der Waals surface area contributed by atoms with Gasteiger partial charge in [-0.25, -0.2) is 0 Å². The number of hydrogen-bond donors (Lipinski definition) is 1. The molecule has 1 N–H and O–H groups in total. The fraction of sp³-hybridized carbons (Fsp3) is 0.438. The maximum absolute atomic E-state index is 12.2. The van der Waals surface area contributed by atoms with E-state index in [4.69, 9.17) is 0 Å². The number of carbonyl (C=O) groups is 3. The molecule has 1 aliphatic heterocycles. The molecule has 0 saturated heterocycles. The van der Waals surface area contributed by atoms with Crippen LogP contribution in [0.4, 0.5) is 0 Å². The van der Waals surface area contributed by atoms with Crippen LogP contribution in [0.25, 0.3) is 0 Å². The second-order valence-corrected chi connectivity index (χ2v) is 5.57. The van der Waals surface area contributed by atoms with Gasteiger partial charge in [-0.15, -0.1) is 0 Å². The molecule has 1 fully saturated rings. The number of rotatable bonds is 3. The summed E-state index contributed by atoms with van der Waals surface area (Å²) in [6.07, 6.45) is 4.32. The minimum absolute atomic E-state index is 0.167. The molecule has 1 aromatic rings. The van der Waals surface area contributed by atoms with Crippen molar-refractivity contribution in [2.24, 2.45) is 0 Å². The fourth-order valence-corrected chi connectivity index (χ4v) is 3.06. The lowest BCUT2D eigenvalue weighted by Gasteiger charge is -2.12. The number of fused-ring (bicyclic) bond motifs is 1. The second kappa shape index (κ2) is 5.31. The summed E-state index contributed by atoms with van der Waals surface area (Å²) in [5.41, 5.74) is 1.17. The van der Waals surface area contributed by atoms with Crippen molar-refractivity contribution in [3.05, 3.63) is 34.9 Å². The topological polar surface area (TPSA) is 66.5 Å². The molecule has 0 unspecified atom stereocenters. The van der Waals surface area contributed by atoms with E-state index in [1.165, 1.54) is 11.0 Å². The molecule has 5 heteroatoms. The first-order valence-electron chi connectivity index (χ1n) is 7.43. The molecule has 1 aromatic carbocycles. The SMILES string of the molecule is CCN1C(=O)c2ccc(C(=O)NC3CCCC3)cc2C1=O. The van der Waals surface area contributed by atoms with Crippen LogP contribution in [0.1, 0.15) is 63.7 Å². The Morgan fingerprint density at radius 1 is 1.19 bits per heavy atom. The lowest BCUT2D eigenvalue weighted by atomic mass is 10.0. The molecular formula is C16H18N2O3. The zero-order valence-corrected chi connectivity index (χ0v) is 12.0. The summed E-state index contributed by atoms with van der Waals surface area (Å²) in [5.74, 6) is -0.756. The van der Waals surface area contributed by atoms with E-state index < -0.39 is 0 Å². The smallest absolute Gasteiger partial charge is 0.261 e. The number of imide groups is 1. The van der Waals surface area contributed by atoms with E-state index in [9.17, 15) is 14.4 Å². The highest BCUT2D eigenvalue weighted by atomic mass is 16.2. The van der Waals surface area contributed by atoms with Crippen molar-refractivity contribution in [1.29, 1.82) is 0 Å². The minimum atomic E-state index is -0.312. The van der Waals surface area contributed by atoms with Gasteiger partial charge in [0.05, 0.1) is 11.1 Å². The van der Waals surface area contributed by atoms with Crippen molar-refractivity contribution in [1.82, 2.24) is 10.2 Å². The predicted molar refractivity (Wildman–Crippen MR) is 77.2 cm³/mol. The van der Waals surface area contributed by atoms with Crippen LogP contribution >= 0.6 is 0 Å². The minimum Gasteiger partial charge on any atom is -0.349 e. The standard InChI is InChI=1S/C16H18N2O3/c1-2-18-15(20)12-8-7-10(9-13(12)16(18)21)14(19)17-11-5-3-4-6-11/h7-9,11H,2-6H2,1H3,(H,17,19). The van der Waals surface area contributed by atoms with Gasteiger partial charge in [0.25, 0.3) is 17.7 Å². The molecular weight excluding hydrogens is 268 g/mol. The molecule has 110 valence electrons. The summed E-state index contributed by atoms with van der Waals surface area (Å²) in [7, 11) is 0. The highest BCUT2D eigenvalue weighted by Gasteiger charge is 2.34. The maximum Gasteiger partial charge on any atom is 0.261 e. The van der Waals surface area contributed by atoms with Gasteiger partial charge in [0, 0.05) is 18.2 Å². The van der Waals surface area contributed by atoms with Gasteiger partial charge in [-0.1, -0.05) is 12.8 Å². The van der Waals surface area contributed by atoms with Gasteiger partial charge >= 0.3 is 0 Å². The Morgan fingerprint density at radius 2 is 1.86 bits per heavy atom. The van der Waals surface area contributed by atoms with E-state index in [1.54, 1.807) is 19.1 Å². The second-order valence-electron chi connectivity index (χ2n) is 5.57. The highest BCUT2D eigenvalue weighted by molar-refractivity contribution is 6.22. The molecule has 1 heterocycles. The number of benzene rings is 1. The Balaban J connectivity index is 1.84. The lowest BCUT2D eigenvalue weighted by molar-refractivity contribution is 0.0662. The first kappa shape index (κ1) is 13.8. The number of nitrogens with zero attached hydrogens (tertiary/aromatic N) is 1. The molecule has 21 heavy (non-hydrogen) atoms. The summed E-state index contributed by atoms with van der Waals surface area (Å²) >= 11 is 0. The lowest BCUT2D eigenvalue weighted by Crippen LogP contribution is -2.32. The van der Waals surface area contributed by atoms with Gasteiger partial charge in [0.2, 0.25) is 0 Å². The van der Waals surface area contributed by atoms with Crippen LogP contribution in [0.15, 0.2) is 18.2 Å². The molecule has 0 radical (unpaired) electrons. The van der Waals surface area contributed by atoms with Crippen LogP contribution in [-0.2, 0) is 0 Å². The molecule has 1 saturated carbocycles. The van der Waals surface area contributed by atoms with Crippen LogP contribution in [-0.4, -0.2) is 35.2 Å². The predicted octanol–water partition coefficient (Wildman–Crippen LogP) is 1.97. The zero-order chi connectivity index (χ0) is 15.0. The molecule has 3 rings (SSSR count). The monoisotopic (exact) mass is 286 g/mol. The summed E-state index contributed by atoms with van der Waals surface area (Å²) in [6.45, 7) is 2.10. The van der Waals surface area contributed by atoms with Crippen LogP contribution < -0.4 is 5.32 Å². The van der Waals surface area contributed by atoms with Crippen LogP contribution in [0.5, 0.6) is 0 Å². The van der Waals surface area contributed by atoms with Gasteiger partial charge in [0.15, 0.2) is 0 Å². The average molecular weight is 286 g/mol. The third kappa shape index (κ3) is 2.33. The number of amides is 3. The largest absolute Gasteiger partial charge is 0.349 e. The Labute approximate surface area is 123 Å². The van der Waals surface area contributed by atoms with Crippen molar-refractivity contribution >= 4 is 17.7 Å². The van der Waals surface area contributed by atoms with E-state index >= 15 is 0 Å². The molecule has 0 atom stereocenters. The highest BCUT2D eigenvalue weighted by Crippen LogP contribution is 2.24. The van der Waals surface area contributed by atoms with E-state index in [1.807, 2.05) is 0 Å². The van der Waals surface area contributed by atoms with E-state index in [-0.39, 0.29) is 23.8 Å². The van der Waals surface area contributed by atoms with Gasteiger partial charge in [-0.05, 0) is 38.0 Å². The Hall–Kier alpha value is -2.17. The Kier molecular flexibility index (Phi) is 3.49. The average Bonchev–Trinajstić information content (AvgIpc) is 3.07. The van der Waals surface area contributed by atoms with Gasteiger partial charge in [-0.2, -0.15) is 0 Å². The summed E-state index contributed by atoms with van der Waals surface area (Å²) in [6, 6.07) is 4.97. The number of hydrogen-bond acceptors (Lipinski definition) is 3. The van der Waals surface area contributed by atoms with Crippen molar-refractivity contribution in [2.75, 3.05) is 6.54 Å². The Morgan fingerprint density at radius 3 is 2.52 bits per heavy atom. The van der Waals surface area contributed by atoms with Crippen molar-refractivity contribution < 1.29 is 14.4 Å². The Bertz CT molecular complexity index is 618. The number of carbonyl (C=O) groups excluding carboxylic acids is 3. The zero-order valence-electron chi connectivity index (χ0n) is 12.0. The summed E-state index contributed by atoms with van der Waals surface area (Å²) < 4.78 is 0. The first-order valence-corrected chi connectivity index (χ1v) is 7.43. The molecule has 1 aliphatic carbocycles. The molecule has 2 aliphatic rings. The van der Waals surface area contributed by atoms with Crippen molar-refractivity contribution in [2.45, 2.75) is 38.6 Å². The van der Waals surface area contributed by atoms with Gasteiger partial charge < -0.3 is 5.32 Å². The van der Waals surface area contributed by atoms with Crippen LogP contribution in [0.2, 0.25) is 0 Å². The molecule has 0 bridgehead atoms. The van der Waals surface area contributed by atoms with E-state index in [2.05, 4.69) is 5.32 Å². The van der Waals surface area contributed by atoms with E-state index in [0.717, 1.165) is 25.7 Å². The summed E-state index contributed by atoms with van der Waals surface area (Å²) in [5, 5.41) is 2.99. The maximum atomic E-state index is 12.2. The van der Waals surface area contributed by atoms with Crippen molar-refractivity contribution in [3.8, 4) is 0 Å². The molecule has 5 nitrogen and oxygen atoms in total. The fourth-order valence-electron chi connectivity index (χ4n) is 3.06. The summed E-state index contributed by atoms with van der Waals surface area (Å²) in [4.78, 5) is 37.6. The third-order valence-corrected chi connectivity index (χ3v) is 4.24. The quantitative estimate of drug-likeness (QED) is 0.864. The van der Waals surface area contributed by atoms with Crippen LogP contribution in [0, 0.1) is 0 Å². The number of nitrogens with one attached hydrogen (secondary N) is 1. The molecule has 3 amide bonds. The molecule has 0 aromatic heterocycles. The normalized spacial score (nSPS) is 18.2. The van der Waals surface area contributed by atoms with E-state index in [0.29, 0.717) is 23.2 Å².